The van der Waals surface area contributed by atoms with Gasteiger partial charge in [-0.15, -0.1) is 0 Å². The number of sulfonamides is 1. The number of nitrogens with one attached hydrogen (secondary N) is 1. The quantitative estimate of drug-likeness (QED) is 0.812. The second-order valence-electron chi connectivity index (χ2n) is 5.32. The number of aryl methyl sites for hydroxylation is 1. The summed E-state index contributed by atoms with van der Waals surface area (Å²) < 4.78 is 41.6. The Morgan fingerprint density at radius 1 is 1.19 bits per heavy atom. The average molecular weight is 317 g/mol. The van der Waals surface area contributed by atoms with E-state index in [9.17, 15) is 12.8 Å². The van der Waals surface area contributed by atoms with Crippen LogP contribution in [0.3, 0.4) is 0 Å². The van der Waals surface area contributed by atoms with E-state index in [-0.39, 0.29) is 16.0 Å². The smallest absolute Gasteiger partial charge is 0.241 e. The van der Waals surface area contributed by atoms with Gasteiger partial charge in [0, 0.05) is 11.1 Å². The number of aliphatic hydroxyl groups excluding tert-OH is 1. The van der Waals surface area contributed by atoms with E-state index in [1.807, 2.05) is 20.8 Å². The molecule has 0 fully saturated rings. The van der Waals surface area contributed by atoms with Gasteiger partial charge in [-0.25, -0.2) is 17.5 Å². The third kappa shape index (κ3) is 3.81. The summed E-state index contributed by atoms with van der Waals surface area (Å²) in [7, 11) is -3.75. The SMILES string of the molecule is CCC(CC)(CC)NS(=O)(=O)c1cc(C)c(F)c(CO)c1. The van der Waals surface area contributed by atoms with E-state index in [2.05, 4.69) is 4.72 Å². The summed E-state index contributed by atoms with van der Waals surface area (Å²) >= 11 is 0. The average Bonchev–Trinajstić information content (AvgIpc) is 2.47. The van der Waals surface area contributed by atoms with Gasteiger partial charge >= 0.3 is 0 Å². The van der Waals surface area contributed by atoms with Crippen LogP contribution in [0.1, 0.15) is 51.2 Å². The van der Waals surface area contributed by atoms with E-state index >= 15 is 0 Å². The van der Waals surface area contributed by atoms with Crippen molar-refractivity contribution in [3.63, 3.8) is 0 Å². The molecule has 0 aliphatic rings. The zero-order valence-corrected chi connectivity index (χ0v) is 13.8. The molecule has 1 aromatic rings. The van der Waals surface area contributed by atoms with Gasteiger partial charge in [0.1, 0.15) is 5.82 Å². The largest absolute Gasteiger partial charge is 0.392 e. The van der Waals surface area contributed by atoms with Crippen molar-refractivity contribution in [2.75, 3.05) is 0 Å². The molecule has 0 saturated carbocycles. The number of halogens is 1. The molecule has 120 valence electrons. The lowest BCUT2D eigenvalue weighted by Crippen LogP contribution is -2.47. The van der Waals surface area contributed by atoms with E-state index in [1.54, 1.807) is 0 Å². The van der Waals surface area contributed by atoms with E-state index in [1.165, 1.54) is 19.1 Å². The minimum absolute atomic E-state index is 0.00882. The summed E-state index contributed by atoms with van der Waals surface area (Å²) in [6, 6.07) is 2.49. The summed E-state index contributed by atoms with van der Waals surface area (Å²) in [6.45, 7) is 6.76. The molecule has 0 saturated heterocycles. The fraction of sp³-hybridized carbons (Fsp3) is 0.600. The minimum atomic E-state index is -3.75. The second kappa shape index (κ2) is 6.85. The topological polar surface area (TPSA) is 66.4 Å². The highest BCUT2D eigenvalue weighted by molar-refractivity contribution is 7.89. The molecular formula is C15H24FNO3S. The third-order valence-corrected chi connectivity index (χ3v) is 5.72. The van der Waals surface area contributed by atoms with Crippen molar-refractivity contribution in [3.8, 4) is 0 Å². The van der Waals surface area contributed by atoms with Crippen molar-refractivity contribution >= 4 is 10.0 Å². The van der Waals surface area contributed by atoms with Gasteiger partial charge in [0.25, 0.3) is 0 Å². The van der Waals surface area contributed by atoms with Gasteiger partial charge in [-0.2, -0.15) is 0 Å². The van der Waals surface area contributed by atoms with Crippen LogP contribution in [0.25, 0.3) is 0 Å². The molecule has 2 N–H and O–H groups in total. The molecule has 1 aromatic carbocycles. The van der Waals surface area contributed by atoms with Crippen molar-refractivity contribution in [2.24, 2.45) is 0 Å². The van der Waals surface area contributed by atoms with Crippen LogP contribution < -0.4 is 4.72 Å². The standard InChI is InChI=1S/C15H24FNO3S/c1-5-15(6-2,7-3)17-21(19,20)13-8-11(4)14(16)12(9-13)10-18/h8-9,17-18H,5-7,10H2,1-4H3. The summed E-state index contributed by atoms with van der Waals surface area (Å²) in [4.78, 5) is -0.00910. The number of benzene rings is 1. The fourth-order valence-corrected chi connectivity index (χ4v) is 4.14. The Bertz CT molecular complexity index is 587. The summed E-state index contributed by atoms with van der Waals surface area (Å²) in [5.74, 6) is -0.566. The first-order valence-electron chi connectivity index (χ1n) is 7.19. The van der Waals surface area contributed by atoms with E-state index < -0.39 is 28.0 Å². The summed E-state index contributed by atoms with van der Waals surface area (Å²) in [6.07, 6.45) is 2.02. The highest BCUT2D eigenvalue weighted by atomic mass is 32.2. The lowest BCUT2D eigenvalue weighted by molar-refractivity contribution is 0.275. The number of hydrogen-bond donors (Lipinski definition) is 2. The van der Waals surface area contributed by atoms with Crippen LogP contribution in [0.2, 0.25) is 0 Å². The zero-order valence-electron chi connectivity index (χ0n) is 13.0. The highest BCUT2D eigenvalue weighted by Gasteiger charge is 2.30. The Morgan fingerprint density at radius 2 is 1.71 bits per heavy atom. The van der Waals surface area contributed by atoms with Crippen molar-refractivity contribution in [2.45, 2.75) is 64.0 Å². The maximum atomic E-state index is 13.7. The van der Waals surface area contributed by atoms with Crippen LogP contribution >= 0.6 is 0 Å². The predicted molar refractivity (Wildman–Crippen MR) is 81.0 cm³/mol. The molecule has 0 amide bonds. The van der Waals surface area contributed by atoms with Gasteiger partial charge in [0.2, 0.25) is 10.0 Å². The fourth-order valence-electron chi connectivity index (χ4n) is 2.39. The van der Waals surface area contributed by atoms with E-state index in [4.69, 9.17) is 5.11 Å². The Labute approximate surface area is 126 Å². The number of aliphatic hydroxyl groups is 1. The molecule has 0 spiro atoms. The monoisotopic (exact) mass is 317 g/mol. The van der Waals surface area contributed by atoms with Crippen LogP contribution in [-0.2, 0) is 16.6 Å². The maximum Gasteiger partial charge on any atom is 0.241 e. The van der Waals surface area contributed by atoms with Crippen molar-refractivity contribution in [1.82, 2.24) is 4.72 Å². The molecule has 0 heterocycles. The molecule has 0 aliphatic carbocycles. The second-order valence-corrected chi connectivity index (χ2v) is 7.00. The lowest BCUT2D eigenvalue weighted by atomic mass is 9.91. The van der Waals surface area contributed by atoms with Crippen LogP contribution in [0.4, 0.5) is 4.39 Å². The minimum Gasteiger partial charge on any atom is -0.392 e. The first-order chi connectivity index (χ1) is 9.75. The number of rotatable bonds is 7. The number of hydrogen-bond acceptors (Lipinski definition) is 3. The van der Waals surface area contributed by atoms with Crippen LogP contribution in [-0.4, -0.2) is 19.1 Å². The Morgan fingerprint density at radius 3 is 2.14 bits per heavy atom. The lowest BCUT2D eigenvalue weighted by Gasteiger charge is -2.31. The van der Waals surface area contributed by atoms with E-state index in [0.29, 0.717) is 19.3 Å². The molecule has 0 aromatic heterocycles. The van der Waals surface area contributed by atoms with Gasteiger partial charge in [-0.05, 0) is 43.9 Å². The van der Waals surface area contributed by atoms with Gasteiger partial charge < -0.3 is 5.11 Å². The van der Waals surface area contributed by atoms with Gasteiger partial charge in [0.15, 0.2) is 0 Å². The van der Waals surface area contributed by atoms with Crippen LogP contribution in [0, 0.1) is 12.7 Å². The van der Waals surface area contributed by atoms with Gasteiger partial charge in [0.05, 0.1) is 11.5 Å². The molecular weight excluding hydrogens is 293 g/mol. The normalized spacial score (nSPS) is 12.7. The van der Waals surface area contributed by atoms with Crippen molar-refractivity contribution in [3.05, 3.63) is 29.1 Å². The Kier molecular flexibility index (Phi) is 5.90. The molecule has 0 radical (unpaired) electrons. The first kappa shape index (κ1) is 18.1. The zero-order chi connectivity index (χ0) is 16.3. The van der Waals surface area contributed by atoms with Crippen molar-refractivity contribution < 1.29 is 17.9 Å². The van der Waals surface area contributed by atoms with Gasteiger partial charge in [-0.1, -0.05) is 20.8 Å². The summed E-state index contributed by atoms with van der Waals surface area (Å²) in [5.41, 5.74) is -0.303. The highest BCUT2D eigenvalue weighted by Crippen LogP contribution is 2.25. The summed E-state index contributed by atoms with van der Waals surface area (Å²) in [5, 5.41) is 9.15. The Balaban J connectivity index is 3.29. The van der Waals surface area contributed by atoms with Crippen molar-refractivity contribution in [1.29, 1.82) is 0 Å². The molecule has 4 nitrogen and oxygen atoms in total. The molecule has 0 atom stereocenters. The molecule has 21 heavy (non-hydrogen) atoms. The molecule has 0 unspecified atom stereocenters. The third-order valence-electron chi connectivity index (χ3n) is 4.17. The Hall–Kier alpha value is -0.980. The van der Waals surface area contributed by atoms with Crippen LogP contribution in [0.15, 0.2) is 17.0 Å². The first-order valence-corrected chi connectivity index (χ1v) is 8.67. The van der Waals surface area contributed by atoms with Crippen LogP contribution in [0.5, 0.6) is 0 Å². The van der Waals surface area contributed by atoms with E-state index in [0.717, 1.165) is 0 Å². The maximum absolute atomic E-state index is 13.7. The molecule has 0 bridgehead atoms. The molecule has 0 aliphatic heterocycles. The van der Waals surface area contributed by atoms with Gasteiger partial charge in [-0.3, -0.25) is 0 Å². The molecule has 1 rings (SSSR count). The molecule has 6 heteroatoms. The predicted octanol–water partition coefficient (Wildman–Crippen LogP) is 2.87.